The number of fused-ring (bicyclic) bond motifs is 1. The Kier molecular flexibility index (Phi) is 5.39. The van der Waals surface area contributed by atoms with Crippen LogP contribution in [0.4, 0.5) is 0 Å². The second-order valence-electron chi connectivity index (χ2n) is 6.31. The van der Waals surface area contributed by atoms with E-state index in [-0.39, 0.29) is 12.7 Å². The highest BCUT2D eigenvalue weighted by Crippen LogP contribution is 2.32. The van der Waals surface area contributed by atoms with Crippen LogP contribution >= 0.6 is 0 Å². The van der Waals surface area contributed by atoms with Crippen molar-refractivity contribution in [2.45, 2.75) is 51.6 Å². The van der Waals surface area contributed by atoms with E-state index in [1.54, 1.807) is 0 Å². The molecule has 5 heteroatoms. The maximum absolute atomic E-state index is 12.1. The van der Waals surface area contributed by atoms with E-state index >= 15 is 0 Å². The number of ether oxygens (including phenoxy) is 2. The number of hydrogen-bond donors (Lipinski definition) is 1. The summed E-state index contributed by atoms with van der Waals surface area (Å²) in [6, 6.07) is 6.44. The number of nitrogens with zero attached hydrogens (tertiary/aromatic N) is 1. The highest BCUT2D eigenvalue weighted by Gasteiger charge is 2.21. The van der Waals surface area contributed by atoms with Gasteiger partial charge in [-0.15, -0.1) is 0 Å². The zero-order chi connectivity index (χ0) is 16.1. The number of rotatable bonds is 6. The molecule has 2 aliphatic heterocycles. The Bertz CT molecular complexity index is 547. The summed E-state index contributed by atoms with van der Waals surface area (Å²) in [5.41, 5.74) is 1.03. The van der Waals surface area contributed by atoms with Gasteiger partial charge >= 0.3 is 0 Å². The molecular weight excluding hydrogens is 292 g/mol. The minimum absolute atomic E-state index is 0.114. The molecule has 1 aromatic rings. The Balaban J connectivity index is 1.42. The van der Waals surface area contributed by atoms with Crippen molar-refractivity contribution < 1.29 is 14.3 Å². The van der Waals surface area contributed by atoms with Crippen LogP contribution in [-0.2, 0) is 11.3 Å². The van der Waals surface area contributed by atoms with Crippen molar-refractivity contribution in [3.8, 4) is 11.5 Å². The Morgan fingerprint density at radius 2 is 2.17 bits per heavy atom. The van der Waals surface area contributed by atoms with E-state index in [0.717, 1.165) is 30.2 Å². The van der Waals surface area contributed by atoms with Gasteiger partial charge in [0.25, 0.3) is 0 Å². The lowest BCUT2D eigenvalue weighted by Gasteiger charge is -2.35. The molecule has 1 aromatic carbocycles. The van der Waals surface area contributed by atoms with Crippen molar-refractivity contribution in [3.05, 3.63) is 23.8 Å². The van der Waals surface area contributed by atoms with Crippen LogP contribution in [-0.4, -0.2) is 36.7 Å². The van der Waals surface area contributed by atoms with Crippen LogP contribution in [0.2, 0.25) is 0 Å². The smallest absolute Gasteiger partial charge is 0.231 e. The second kappa shape index (κ2) is 7.68. The summed E-state index contributed by atoms with van der Waals surface area (Å²) >= 11 is 0. The maximum atomic E-state index is 12.1. The molecule has 1 unspecified atom stereocenters. The minimum Gasteiger partial charge on any atom is -0.454 e. The fraction of sp³-hybridized carbons (Fsp3) is 0.611. The van der Waals surface area contributed by atoms with Crippen LogP contribution < -0.4 is 14.8 Å². The number of hydrogen-bond acceptors (Lipinski definition) is 4. The zero-order valence-electron chi connectivity index (χ0n) is 13.8. The van der Waals surface area contributed by atoms with E-state index < -0.39 is 0 Å². The molecule has 23 heavy (non-hydrogen) atoms. The summed E-state index contributed by atoms with van der Waals surface area (Å²) in [7, 11) is 0. The summed E-state index contributed by atoms with van der Waals surface area (Å²) in [6.45, 7) is 5.05. The third kappa shape index (κ3) is 4.16. The average molecular weight is 318 g/mol. The molecule has 1 atom stereocenters. The Morgan fingerprint density at radius 3 is 3.04 bits per heavy atom. The Morgan fingerprint density at radius 1 is 1.30 bits per heavy atom. The van der Waals surface area contributed by atoms with Gasteiger partial charge in [-0.3, -0.25) is 9.69 Å². The number of likely N-dealkylation sites (tertiary alicyclic amines) is 1. The summed E-state index contributed by atoms with van der Waals surface area (Å²) in [5, 5.41) is 3.00. The van der Waals surface area contributed by atoms with Crippen LogP contribution in [0.1, 0.15) is 44.6 Å². The molecular formula is C18H26N2O3. The van der Waals surface area contributed by atoms with Crippen LogP contribution in [0.25, 0.3) is 0 Å². The van der Waals surface area contributed by atoms with Gasteiger partial charge in [0.2, 0.25) is 12.7 Å². The van der Waals surface area contributed by atoms with E-state index in [1.165, 1.54) is 25.7 Å². The van der Waals surface area contributed by atoms with Gasteiger partial charge < -0.3 is 14.8 Å². The number of carbonyl (C=O) groups excluding carboxylic acids is 1. The van der Waals surface area contributed by atoms with Crippen LogP contribution in [0, 0.1) is 0 Å². The standard InChI is InChI=1S/C18H26N2O3/c1-2-15-5-3-4-9-20(15)10-8-18(21)19-12-14-6-7-16-17(11-14)23-13-22-16/h6-7,11,15H,2-5,8-10,12-13H2,1H3,(H,19,21). The van der Waals surface area contributed by atoms with Crippen LogP contribution in [0.15, 0.2) is 18.2 Å². The molecule has 0 aromatic heterocycles. The first-order chi connectivity index (χ1) is 11.3. The number of piperidine rings is 1. The van der Waals surface area contributed by atoms with Gasteiger partial charge in [-0.2, -0.15) is 0 Å². The summed E-state index contributed by atoms with van der Waals surface area (Å²) in [5.74, 6) is 1.65. The fourth-order valence-electron chi connectivity index (χ4n) is 3.40. The van der Waals surface area contributed by atoms with Gasteiger partial charge in [-0.05, 0) is 43.5 Å². The van der Waals surface area contributed by atoms with Crippen molar-refractivity contribution >= 4 is 5.91 Å². The van der Waals surface area contributed by atoms with Crippen LogP contribution in [0.5, 0.6) is 11.5 Å². The molecule has 2 aliphatic rings. The van der Waals surface area contributed by atoms with Crippen LogP contribution in [0.3, 0.4) is 0 Å². The highest BCUT2D eigenvalue weighted by atomic mass is 16.7. The van der Waals surface area contributed by atoms with Gasteiger partial charge in [0.05, 0.1) is 0 Å². The van der Waals surface area contributed by atoms with E-state index in [2.05, 4.69) is 17.1 Å². The van der Waals surface area contributed by atoms with Gasteiger partial charge in [-0.25, -0.2) is 0 Å². The SMILES string of the molecule is CCC1CCCCN1CCC(=O)NCc1ccc2c(c1)OCO2. The predicted molar refractivity (Wildman–Crippen MR) is 88.5 cm³/mol. The highest BCUT2D eigenvalue weighted by molar-refractivity contribution is 5.76. The Labute approximate surface area is 137 Å². The molecule has 0 aliphatic carbocycles. The molecule has 5 nitrogen and oxygen atoms in total. The largest absolute Gasteiger partial charge is 0.454 e. The van der Waals surface area contributed by atoms with Crippen molar-refractivity contribution in [2.75, 3.05) is 19.9 Å². The monoisotopic (exact) mass is 318 g/mol. The zero-order valence-corrected chi connectivity index (χ0v) is 13.8. The van der Waals surface area contributed by atoms with Gasteiger partial charge in [0.1, 0.15) is 0 Å². The lowest BCUT2D eigenvalue weighted by atomic mass is 10.00. The molecule has 0 spiro atoms. The quantitative estimate of drug-likeness (QED) is 0.876. The molecule has 3 rings (SSSR count). The van der Waals surface area contributed by atoms with E-state index in [1.807, 2.05) is 18.2 Å². The van der Waals surface area contributed by atoms with E-state index in [9.17, 15) is 4.79 Å². The summed E-state index contributed by atoms with van der Waals surface area (Å²) in [4.78, 5) is 14.6. The first kappa shape index (κ1) is 16.1. The third-order valence-electron chi connectivity index (χ3n) is 4.77. The van der Waals surface area contributed by atoms with Gasteiger partial charge in [0, 0.05) is 25.6 Å². The molecule has 126 valence electrons. The third-order valence-corrected chi connectivity index (χ3v) is 4.77. The van der Waals surface area contributed by atoms with Gasteiger partial charge in [-0.1, -0.05) is 19.4 Å². The molecule has 0 radical (unpaired) electrons. The second-order valence-corrected chi connectivity index (χ2v) is 6.31. The lowest BCUT2D eigenvalue weighted by molar-refractivity contribution is -0.121. The predicted octanol–water partition coefficient (Wildman–Crippen LogP) is 2.69. The number of carbonyl (C=O) groups is 1. The molecule has 1 fully saturated rings. The molecule has 0 saturated carbocycles. The Hall–Kier alpha value is -1.75. The average Bonchev–Trinajstić information content (AvgIpc) is 3.06. The molecule has 1 amide bonds. The normalized spacial score (nSPS) is 20.5. The molecule has 1 N–H and O–H groups in total. The van der Waals surface area contributed by atoms with E-state index in [4.69, 9.17) is 9.47 Å². The van der Waals surface area contributed by atoms with Crippen molar-refractivity contribution in [1.82, 2.24) is 10.2 Å². The number of benzene rings is 1. The molecule has 1 saturated heterocycles. The first-order valence-electron chi connectivity index (χ1n) is 8.65. The van der Waals surface area contributed by atoms with E-state index in [0.29, 0.717) is 19.0 Å². The molecule has 2 heterocycles. The number of amides is 1. The van der Waals surface area contributed by atoms with Crippen molar-refractivity contribution in [1.29, 1.82) is 0 Å². The molecule has 0 bridgehead atoms. The maximum Gasteiger partial charge on any atom is 0.231 e. The topological polar surface area (TPSA) is 50.8 Å². The fourth-order valence-corrected chi connectivity index (χ4v) is 3.40. The lowest BCUT2D eigenvalue weighted by Crippen LogP contribution is -2.41. The summed E-state index contributed by atoms with van der Waals surface area (Å²) < 4.78 is 10.6. The van der Waals surface area contributed by atoms with Gasteiger partial charge in [0.15, 0.2) is 11.5 Å². The number of nitrogens with one attached hydrogen (secondary N) is 1. The summed E-state index contributed by atoms with van der Waals surface area (Å²) in [6.07, 6.45) is 5.61. The minimum atomic E-state index is 0.114. The van der Waals surface area contributed by atoms with Crippen molar-refractivity contribution in [2.24, 2.45) is 0 Å². The van der Waals surface area contributed by atoms with Crippen molar-refractivity contribution in [3.63, 3.8) is 0 Å². The first-order valence-corrected chi connectivity index (χ1v) is 8.65.